The van der Waals surface area contributed by atoms with Crippen molar-refractivity contribution in [1.82, 2.24) is 15.5 Å². The summed E-state index contributed by atoms with van der Waals surface area (Å²) in [7, 11) is 0. The highest BCUT2D eigenvalue weighted by Gasteiger charge is 2.43. The summed E-state index contributed by atoms with van der Waals surface area (Å²) in [6.45, 7) is 3.39. The van der Waals surface area contributed by atoms with E-state index in [9.17, 15) is 4.79 Å². The van der Waals surface area contributed by atoms with Crippen LogP contribution in [0.25, 0.3) is 0 Å². The molecule has 0 aromatic carbocycles. The molecule has 0 radical (unpaired) electrons. The van der Waals surface area contributed by atoms with Gasteiger partial charge in [-0.05, 0) is 38.0 Å². The van der Waals surface area contributed by atoms with Crippen LogP contribution in [0.2, 0.25) is 0 Å². The summed E-state index contributed by atoms with van der Waals surface area (Å²) in [6.07, 6.45) is 8.93. The molecule has 0 unspecified atom stereocenters. The lowest BCUT2D eigenvalue weighted by atomic mass is 9.86. The Kier molecular flexibility index (Phi) is 4.35. The van der Waals surface area contributed by atoms with E-state index < -0.39 is 0 Å². The highest BCUT2D eigenvalue weighted by Crippen LogP contribution is 2.39. The zero-order valence-electron chi connectivity index (χ0n) is 14.3. The van der Waals surface area contributed by atoms with Gasteiger partial charge >= 0.3 is 0 Å². The van der Waals surface area contributed by atoms with Gasteiger partial charge in [-0.2, -0.15) is 5.10 Å². The molecule has 132 valence electrons. The first-order valence-corrected chi connectivity index (χ1v) is 9.27. The molecule has 1 aliphatic heterocycles. The van der Waals surface area contributed by atoms with Gasteiger partial charge in [-0.25, -0.2) is 0 Å². The summed E-state index contributed by atoms with van der Waals surface area (Å²) in [5.74, 6) is 0.375. The lowest BCUT2D eigenvalue weighted by molar-refractivity contribution is -0.191. The Morgan fingerprint density at radius 3 is 3.08 bits per heavy atom. The zero-order chi connectivity index (χ0) is 16.6. The van der Waals surface area contributed by atoms with Gasteiger partial charge in [0.05, 0.1) is 18.7 Å². The van der Waals surface area contributed by atoms with Crippen molar-refractivity contribution in [2.45, 2.75) is 69.7 Å². The third kappa shape index (κ3) is 3.09. The van der Waals surface area contributed by atoms with Gasteiger partial charge < -0.3 is 14.8 Å². The standard InChI is InChI=1S/C18H27N3O3/c1-12-5-7-18(8-6-12)23-11-13(24-18)9-19-17(22)14-3-2-4-16-15(14)10-20-21-16/h10,12-14H,2-9,11H2,1H3,(H,19,22)(H,20,21)/t12?,13-,14-,18?/m0/s1. The fourth-order valence-corrected chi connectivity index (χ4v) is 4.25. The number of fused-ring (bicyclic) bond motifs is 1. The van der Waals surface area contributed by atoms with E-state index in [1.165, 1.54) is 0 Å². The molecule has 2 fully saturated rings. The summed E-state index contributed by atoms with van der Waals surface area (Å²) >= 11 is 0. The Labute approximate surface area is 142 Å². The maximum absolute atomic E-state index is 12.6. The van der Waals surface area contributed by atoms with E-state index in [0.29, 0.717) is 13.2 Å². The molecule has 2 heterocycles. The first kappa shape index (κ1) is 16.1. The fourth-order valence-electron chi connectivity index (χ4n) is 4.25. The minimum atomic E-state index is -0.384. The number of aromatic nitrogens is 2. The number of carbonyl (C=O) groups is 1. The van der Waals surface area contributed by atoms with Crippen LogP contribution >= 0.6 is 0 Å². The van der Waals surface area contributed by atoms with E-state index in [2.05, 4.69) is 22.4 Å². The van der Waals surface area contributed by atoms with Gasteiger partial charge in [0.2, 0.25) is 5.91 Å². The normalized spacial score (nSPS) is 35.8. The van der Waals surface area contributed by atoms with E-state index in [1.54, 1.807) is 6.20 Å². The predicted octanol–water partition coefficient (Wildman–Crippen LogP) is 2.27. The van der Waals surface area contributed by atoms with E-state index in [4.69, 9.17) is 9.47 Å². The monoisotopic (exact) mass is 333 g/mol. The van der Waals surface area contributed by atoms with Crippen LogP contribution in [0, 0.1) is 5.92 Å². The molecule has 1 saturated carbocycles. The van der Waals surface area contributed by atoms with Crippen molar-refractivity contribution in [1.29, 1.82) is 0 Å². The maximum atomic E-state index is 12.6. The van der Waals surface area contributed by atoms with Crippen molar-refractivity contribution in [2.75, 3.05) is 13.2 Å². The summed E-state index contributed by atoms with van der Waals surface area (Å²) < 4.78 is 12.2. The van der Waals surface area contributed by atoms with Crippen molar-refractivity contribution in [3.8, 4) is 0 Å². The average molecular weight is 333 g/mol. The molecular weight excluding hydrogens is 306 g/mol. The molecule has 2 N–H and O–H groups in total. The molecule has 1 spiro atoms. The molecule has 24 heavy (non-hydrogen) atoms. The molecule has 3 aliphatic rings. The lowest BCUT2D eigenvalue weighted by Gasteiger charge is -2.34. The summed E-state index contributed by atoms with van der Waals surface area (Å²) in [5.41, 5.74) is 2.16. The third-order valence-electron chi connectivity index (χ3n) is 5.82. The van der Waals surface area contributed by atoms with Crippen LogP contribution in [0.1, 0.15) is 62.6 Å². The first-order valence-electron chi connectivity index (χ1n) is 9.27. The summed E-state index contributed by atoms with van der Waals surface area (Å²) in [5, 5.41) is 10.2. The van der Waals surface area contributed by atoms with Crippen molar-refractivity contribution < 1.29 is 14.3 Å². The summed E-state index contributed by atoms with van der Waals surface area (Å²) in [6, 6.07) is 0. The van der Waals surface area contributed by atoms with Gasteiger partial charge in [0.15, 0.2) is 5.79 Å². The number of amides is 1. The van der Waals surface area contributed by atoms with Gasteiger partial charge in [-0.15, -0.1) is 0 Å². The Morgan fingerprint density at radius 2 is 2.25 bits per heavy atom. The number of hydrogen-bond donors (Lipinski definition) is 2. The minimum absolute atomic E-state index is 0.0326. The Morgan fingerprint density at radius 1 is 1.42 bits per heavy atom. The van der Waals surface area contributed by atoms with E-state index in [1.807, 2.05) is 0 Å². The molecule has 2 aliphatic carbocycles. The minimum Gasteiger partial charge on any atom is -0.353 e. The van der Waals surface area contributed by atoms with Crippen molar-refractivity contribution in [2.24, 2.45) is 5.92 Å². The van der Waals surface area contributed by atoms with E-state index in [-0.39, 0.29) is 23.7 Å². The molecule has 1 aromatic heterocycles. The van der Waals surface area contributed by atoms with E-state index in [0.717, 1.165) is 62.1 Å². The predicted molar refractivity (Wildman–Crippen MR) is 88.5 cm³/mol. The number of aryl methyl sites for hydroxylation is 1. The van der Waals surface area contributed by atoms with Gasteiger partial charge in [0, 0.05) is 30.6 Å². The zero-order valence-corrected chi connectivity index (χ0v) is 14.3. The number of H-pyrrole nitrogens is 1. The smallest absolute Gasteiger partial charge is 0.227 e. The Hall–Kier alpha value is -1.40. The average Bonchev–Trinajstić information content (AvgIpc) is 3.23. The van der Waals surface area contributed by atoms with Crippen molar-refractivity contribution >= 4 is 5.91 Å². The molecule has 6 heteroatoms. The number of rotatable bonds is 3. The van der Waals surface area contributed by atoms with Crippen LogP contribution in [0.15, 0.2) is 6.20 Å². The van der Waals surface area contributed by atoms with Gasteiger partial charge in [0.1, 0.15) is 6.10 Å². The topological polar surface area (TPSA) is 76.2 Å². The quantitative estimate of drug-likeness (QED) is 0.890. The summed E-state index contributed by atoms with van der Waals surface area (Å²) in [4.78, 5) is 12.6. The fraction of sp³-hybridized carbons (Fsp3) is 0.778. The molecule has 0 bridgehead atoms. The Bertz CT molecular complexity index is 592. The molecule has 2 atom stereocenters. The second-order valence-electron chi connectivity index (χ2n) is 7.64. The molecule has 1 amide bonds. The number of carbonyl (C=O) groups excluding carboxylic acids is 1. The number of aromatic amines is 1. The maximum Gasteiger partial charge on any atom is 0.227 e. The number of hydrogen-bond acceptors (Lipinski definition) is 4. The third-order valence-corrected chi connectivity index (χ3v) is 5.82. The Balaban J connectivity index is 1.30. The molecule has 6 nitrogen and oxygen atoms in total. The second kappa shape index (κ2) is 6.48. The second-order valence-corrected chi connectivity index (χ2v) is 7.64. The van der Waals surface area contributed by atoms with Crippen LogP contribution in [0.4, 0.5) is 0 Å². The van der Waals surface area contributed by atoms with E-state index >= 15 is 0 Å². The highest BCUT2D eigenvalue weighted by atomic mass is 16.7. The first-order chi connectivity index (χ1) is 11.7. The molecule has 1 saturated heterocycles. The van der Waals surface area contributed by atoms with Gasteiger partial charge in [-0.3, -0.25) is 9.89 Å². The number of nitrogens with zero attached hydrogens (tertiary/aromatic N) is 1. The van der Waals surface area contributed by atoms with Gasteiger partial charge in [-0.1, -0.05) is 6.92 Å². The van der Waals surface area contributed by atoms with Crippen LogP contribution in [-0.4, -0.2) is 41.1 Å². The number of ether oxygens (including phenoxy) is 2. The molecular formula is C18H27N3O3. The van der Waals surface area contributed by atoms with Gasteiger partial charge in [0.25, 0.3) is 0 Å². The van der Waals surface area contributed by atoms with Crippen molar-refractivity contribution in [3.63, 3.8) is 0 Å². The van der Waals surface area contributed by atoms with Crippen molar-refractivity contribution in [3.05, 3.63) is 17.5 Å². The highest BCUT2D eigenvalue weighted by molar-refractivity contribution is 5.84. The van der Waals surface area contributed by atoms with Crippen LogP contribution < -0.4 is 5.32 Å². The van der Waals surface area contributed by atoms with Crippen LogP contribution in [-0.2, 0) is 20.7 Å². The lowest BCUT2D eigenvalue weighted by Crippen LogP contribution is -2.39. The number of nitrogens with one attached hydrogen (secondary N) is 2. The largest absolute Gasteiger partial charge is 0.353 e. The molecule has 1 aromatic rings. The SMILES string of the molecule is CC1CCC2(CC1)OC[C@H](CNC(=O)[C@H]1CCCc3[nH]ncc31)O2. The van der Waals surface area contributed by atoms with Crippen LogP contribution in [0.3, 0.4) is 0 Å². The molecule has 4 rings (SSSR count). The van der Waals surface area contributed by atoms with Crippen LogP contribution in [0.5, 0.6) is 0 Å².